The van der Waals surface area contributed by atoms with Gasteiger partial charge in [0.25, 0.3) is 0 Å². The van der Waals surface area contributed by atoms with E-state index in [0.29, 0.717) is 0 Å². The fraction of sp³-hybridized carbons (Fsp3) is 0.333. The van der Waals surface area contributed by atoms with Crippen LogP contribution in [0.5, 0.6) is 0 Å². The third kappa shape index (κ3) is 4.02. The van der Waals surface area contributed by atoms with E-state index < -0.39 is 14.5 Å². The summed E-state index contributed by atoms with van der Waals surface area (Å²) in [6.07, 6.45) is -0.315. The molecule has 0 aliphatic carbocycles. The fourth-order valence-corrected chi connectivity index (χ4v) is 0.454. The molecule has 2 atom stereocenters. The van der Waals surface area contributed by atoms with Crippen LogP contribution < -0.4 is 0 Å². The van der Waals surface area contributed by atoms with Crippen LogP contribution in [0, 0.1) is 0 Å². The summed E-state index contributed by atoms with van der Waals surface area (Å²) >= 11 is 0. The van der Waals surface area contributed by atoms with Gasteiger partial charge < -0.3 is 10.00 Å². The van der Waals surface area contributed by atoms with E-state index in [9.17, 15) is 4.57 Å². The minimum absolute atomic E-state index is 1.01. The lowest BCUT2D eigenvalue weighted by Gasteiger charge is -2.00. The first-order valence-corrected chi connectivity index (χ1v) is 3.13. The Bertz CT molecular complexity index is 101. The van der Waals surface area contributed by atoms with Crippen molar-refractivity contribution in [1.82, 2.24) is 0 Å². The van der Waals surface area contributed by atoms with Crippen LogP contribution >= 0.6 is 8.25 Å². The van der Waals surface area contributed by atoms with E-state index in [1.807, 2.05) is 0 Å². The fourth-order valence-electron chi connectivity index (χ4n) is 0.151. The lowest BCUT2D eigenvalue weighted by Crippen LogP contribution is -2.00. The van der Waals surface area contributed by atoms with E-state index >= 15 is 0 Å². The quantitative estimate of drug-likeness (QED) is 0.324. The van der Waals surface area contributed by atoms with Crippen molar-refractivity contribution in [3.63, 3.8) is 0 Å². The van der Waals surface area contributed by atoms with E-state index in [-0.39, 0.29) is 0 Å². The van der Waals surface area contributed by atoms with Gasteiger partial charge in [0, 0.05) is 0 Å². The largest absolute Gasteiger partial charge is 0.364 e. The average Bonchev–Trinajstić information content (AvgIpc) is 1.65. The molecule has 2 unspecified atom stereocenters. The van der Waals surface area contributed by atoms with Gasteiger partial charge in [-0.3, -0.25) is 9.09 Å². The molecule has 0 aliphatic heterocycles. The summed E-state index contributed by atoms with van der Waals surface area (Å²) in [5, 5.41) is 8.35. The van der Waals surface area contributed by atoms with Crippen molar-refractivity contribution in [3.05, 3.63) is 12.7 Å². The molecule has 5 heteroatoms. The molecule has 48 valence electrons. The molecule has 0 spiro atoms. The van der Waals surface area contributed by atoms with Crippen LogP contribution in [0.2, 0.25) is 0 Å². The van der Waals surface area contributed by atoms with Gasteiger partial charge in [-0.25, -0.2) is 0 Å². The van der Waals surface area contributed by atoms with Gasteiger partial charge in [0.1, 0.15) is 0 Å². The van der Waals surface area contributed by atoms with Gasteiger partial charge in [-0.2, -0.15) is 0 Å². The van der Waals surface area contributed by atoms with Gasteiger partial charge in [-0.05, 0) is 6.08 Å². The lowest BCUT2D eigenvalue weighted by molar-refractivity contribution is 0.0231. The second kappa shape index (κ2) is 3.80. The lowest BCUT2D eigenvalue weighted by atomic mass is 10.6. The van der Waals surface area contributed by atoms with Gasteiger partial charge >= 0.3 is 8.25 Å². The third-order valence-electron chi connectivity index (χ3n) is 0.423. The van der Waals surface area contributed by atoms with Gasteiger partial charge in [-0.1, -0.05) is 6.58 Å². The highest BCUT2D eigenvalue weighted by atomic mass is 31.1. The molecule has 0 aromatic rings. The van der Waals surface area contributed by atoms with E-state index in [1.165, 1.54) is 0 Å². The van der Waals surface area contributed by atoms with Crippen molar-refractivity contribution in [3.8, 4) is 0 Å². The molecule has 0 fully saturated rings. The van der Waals surface area contributed by atoms with Crippen molar-refractivity contribution in [2.24, 2.45) is 0 Å². The van der Waals surface area contributed by atoms with Crippen LogP contribution in [0.25, 0.3) is 0 Å². The van der Waals surface area contributed by atoms with E-state index in [0.717, 1.165) is 6.08 Å². The molecular formula is C3H7O4P. The van der Waals surface area contributed by atoms with Gasteiger partial charge in [-0.15, -0.1) is 0 Å². The Morgan fingerprint density at radius 1 is 1.88 bits per heavy atom. The van der Waals surface area contributed by atoms with Crippen LogP contribution in [0.4, 0.5) is 0 Å². The Balaban J connectivity index is 3.38. The summed E-state index contributed by atoms with van der Waals surface area (Å²) in [5.41, 5.74) is 0. The molecule has 0 radical (unpaired) electrons. The maximum absolute atomic E-state index is 9.72. The van der Waals surface area contributed by atoms with Crippen LogP contribution in [-0.2, 0) is 9.09 Å². The molecule has 0 amide bonds. The predicted molar refractivity (Wildman–Crippen MR) is 28.5 cm³/mol. The van der Waals surface area contributed by atoms with E-state index in [4.69, 9.17) is 10.00 Å². The van der Waals surface area contributed by atoms with Crippen molar-refractivity contribution in [2.75, 3.05) is 0 Å². The monoisotopic (exact) mass is 138 g/mol. The smallest absolute Gasteiger partial charge is 0.319 e. The summed E-state index contributed by atoms with van der Waals surface area (Å²) in [5.74, 6) is 0. The first-order valence-electron chi connectivity index (χ1n) is 1.87. The van der Waals surface area contributed by atoms with Crippen molar-refractivity contribution in [1.29, 1.82) is 0 Å². The molecule has 4 nitrogen and oxygen atoms in total. The topological polar surface area (TPSA) is 66.8 Å². The standard InChI is InChI=1S/C3H7O4P/c1-2-3(4)7-8(5)6/h2-4,8H,1H2,(H,5,6). The SMILES string of the molecule is C=CC(O)O[PH](=O)O. The molecule has 0 aliphatic rings. The maximum Gasteiger partial charge on any atom is 0.319 e. The molecule has 0 heterocycles. The van der Waals surface area contributed by atoms with Crippen LogP contribution in [0.1, 0.15) is 0 Å². The summed E-state index contributed by atoms with van der Waals surface area (Å²) < 4.78 is 13.7. The van der Waals surface area contributed by atoms with Gasteiger partial charge in [0.05, 0.1) is 0 Å². The average molecular weight is 138 g/mol. The summed E-state index contributed by atoms with van der Waals surface area (Å²) in [6, 6.07) is 0. The molecule has 2 N–H and O–H groups in total. The molecular weight excluding hydrogens is 131 g/mol. The highest BCUT2D eigenvalue weighted by Gasteiger charge is 1.98. The maximum atomic E-state index is 9.72. The van der Waals surface area contributed by atoms with Crippen molar-refractivity contribution < 1.29 is 19.1 Å². The Morgan fingerprint density at radius 2 is 2.38 bits per heavy atom. The Hall–Kier alpha value is -0.150. The normalized spacial score (nSPS) is 17.2. The van der Waals surface area contributed by atoms with Crippen LogP contribution in [0.3, 0.4) is 0 Å². The zero-order valence-electron chi connectivity index (χ0n) is 4.07. The predicted octanol–water partition coefficient (Wildman–Crippen LogP) is -0.111. The number of rotatable bonds is 3. The van der Waals surface area contributed by atoms with Crippen molar-refractivity contribution >= 4 is 8.25 Å². The summed E-state index contributed by atoms with van der Waals surface area (Å²) in [6.45, 7) is 3.10. The second-order valence-electron chi connectivity index (χ2n) is 1.01. The summed E-state index contributed by atoms with van der Waals surface area (Å²) in [4.78, 5) is 7.97. The molecule has 0 aromatic carbocycles. The Morgan fingerprint density at radius 3 is 2.50 bits per heavy atom. The van der Waals surface area contributed by atoms with Crippen LogP contribution in [-0.4, -0.2) is 16.3 Å². The van der Waals surface area contributed by atoms with Crippen molar-refractivity contribution in [2.45, 2.75) is 6.29 Å². The molecule has 0 aromatic heterocycles. The number of aliphatic hydroxyl groups is 1. The highest BCUT2D eigenvalue weighted by Crippen LogP contribution is 2.16. The van der Waals surface area contributed by atoms with Gasteiger partial charge in [0.2, 0.25) is 0 Å². The minimum atomic E-state index is -3.02. The number of hydrogen-bond donors (Lipinski definition) is 2. The minimum Gasteiger partial charge on any atom is -0.364 e. The highest BCUT2D eigenvalue weighted by molar-refractivity contribution is 7.32. The number of hydrogen-bond acceptors (Lipinski definition) is 3. The molecule has 0 bridgehead atoms. The second-order valence-corrected chi connectivity index (χ2v) is 1.78. The summed E-state index contributed by atoms with van der Waals surface area (Å²) in [7, 11) is -3.02. The molecule has 0 rings (SSSR count). The molecule has 8 heavy (non-hydrogen) atoms. The molecule has 0 saturated carbocycles. The first kappa shape index (κ1) is 7.85. The van der Waals surface area contributed by atoms with E-state index in [2.05, 4.69) is 11.1 Å². The Kier molecular flexibility index (Phi) is 3.73. The van der Waals surface area contributed by atoms with E-state index in [1.54, 1.807) is 0 Å². The Labute approximate surface area is 47.4 Å². The number of aliphatic hydroxyl groups excluding tert-OH is 1. The zero-order chi connectivity index (χ0) is 6.57. The first-order chi connectivity index (χ1) is 3.66. The zero-order valence-corrected chi connectivity index (χ0v) is 5.07. The van der Waals surface area contributed by atoms with Crippen LogP contribution in [0.15, 0.2) is 12.7 Å². The molecule has 0 saturated heterocycles. The third-order valence-corrected chi connectivity index (χ3v) is 0.866. The van der Waals surface area contributed by atoms with Gasteiger partial charge in [0.15, 0.2) is 6.29 Å².